The fourth-order valence-electron chi connectivity index (χ4n) is 1.56. The van der Waals surface area contributed by atoms with Gasteiger partial charge in [0, 0.05) is 6.54 Å². The minimum absolute atomic E-state index is 0. The van der Waals surface area contributed by atoms with E-state index in [1.54, 1.807) is 6.07 Å². The number of hydrogen-bond acceptors (Lipinski definition) is 5. The molecule has 8 heteroatoms. The Morgan fingerprint density at radius 2 is 2.12 bits per heavy atom. The topological polar surface area (TPSA) is 75.0 Å². The van der Waals surface area contributed by atoms with Gasteiger partial charge in [0.2, 0.25) is 0 Å². The molecule has 0 aliphatic carbocycles. The summed E-state index contributed by atoms with van der Waals surface area (Å²) in [6, 6.07) is 4.12. The molecular formula is C9H9N2NaO3S2. The molecule has 0 saturated carbocycles. The van der Waals surface area contributed by atoms with Crippen molar-refractivity contribution in [3.63, 3.8) is 0 Å². The van der Waals surface area contributed by atoms with Crippen LogP contribution in [0, 0.1) is 0 Å². The van der Waals surface area contributed by atoms with Gasteiger partial charge in [0.15, 0.2) is 5.16 Å². The van der Waals surface area contributed by atoms with Crippen molar-refractivity contribution < 1.29 is 42.5 Å². The molecule has 86 valence electrons. The summed E-state index contributed by atoms with van der Waals surface area (Å²) in [6.45, 7) is 2.61. The maximum Gasteiger partial charge on any atom is 1.00 e. The molecular weight excluding hydrogens is 271 g/mol. The van der Waals surface area contributed by atoms with Crippen molar-refractivity contribution in [2.45, 2.75) is 23.5 Å². The molecule has 2 aromatic rings. The predicted octanol–water partition coefficient (Wildman–Crippen LogP) is -1.75. The second-order valence-corrected chi connectivity index (χ2v) is 5.04. The zero-order valence-electron chi connectivity index (χ0n) is 9.41. The number of rotatable bonds is 2. The van der Waals surface area contributed by atoms with Gasteiger partial charge in [0.05, 0.1) is 15.9 Å². The summed E-state index contributed by atoms with van der Waals surface area (Å²) in [7, 11) is -4.43. The number of imidazole rings is 1. The van der Waals surface area contributed by atoms with Crippen LogP contribution in [0.5, 0.6) is 0 Å². The van der Waals surface area contributed by atoms with Gasteiger partial charge in [-0.25, -0.2) is 13.4 Å². The Bertz CT molecular complexity index is 652. The van der Waals surface area contributed by atoms with E-state index in [0.717, 1.165) is 5.52 Å². The van der Waals surface area contributed by atoms with E-state index >= 15 is 0 Å². The van der Waals surface area contributed by atoms with Crippen molar-refractivity contribution in [2.24, 2.45) is 0 Å². The van der Waals surface area contributed by atoms with Crippen molar-refractivity contribution in [1.82, 2.24) is 9.55 Å². The first kappa shape index (κ1) is 15.0. The van der Waals surface area contributed by atoms with Crippen LogP contribution in [0.1, 0.15) is 6.92 Å². The normalized spacial score (nSPS) is 11.5. The fourth-order valence-corrected chi connectivity index (χ4v) is 2.41. The van der Waals surface area contributed by atoms with Gasteiger partial charge in [-0.15, -0.1) is 12.6 Å². The summed E-state index contributed by atoms with van der Waals surface area (Å²) in [4.78, 5) is 3.81. The molecule has 0 atom stereocenters. The molecule has 1 aromatic carbocycles. The summed E-state index contributed by atoms with van der Waals surface area (Å²) >= 11 is 4.17. The summed E-state index contributed by atoms with van der Waals surface area (Å²) < 4.78 is 34.3. The molecule has 0 radical (unpaired) electrons. The molecule has 0 N–H and O–H groups in total. The van der Waals surface area contributed by atoms with Gasteiger partial charge in [-0.3, -0.25) is 0 Å². The number of thiol groups is 1. The molecule has 0 amide bonds. The van der Waals surface area contributed by atoms with E-state index in [0.29, 0.717) is 17.2 Å². The average Bonchev–Trinajstić information content (AvgIpc) is 2.50. The summed E-state index contributed by atoms with van der Waals surface area (Å²) in [5, 5.41) is 0.498. The van der Waals surface area contributed by atoms with Crippen molar-refractivity contribution in [3.8, 4) is 0 Å². The van der Waals surface area contributed by atoms with Crippen LogP contribution >= 0.6 is 12.6 Å². The monoisotopic (exact) mass is 280 g/mol. The van der Waals surface area contributed by atoms with Gasteiger partial charge in [0.1, 0.15) is 10.1 Å². The molecule has 0 aliphatic rings. The van der Waals surface area contributed by atoms with Gasteiger partial charge in [-0.2, -0.15) is 0 Å². The van der Waals surface area contributed by atoms with Crippen LogP contribution in [0.3, 0.4) is 0 Å². The first-order valence-electron chi connectivity index (χ1n) is 4.58. The molecule has 0 unspecified atom stereocenters. The summed E-state index contributed by atoms with van der Waals surface area (Å²) in [6.07, 6.45) is 0. The number of hydrogen-bond donors (Lipinski definition) is 1. The first-order valence-corrected chi connectivity index (χ1v) is 6.44. The van der Waals surface area contributed by atoms with Gasteiger partial charge in [-0.1, -0.05) is 0 Å². The standard InChI is InChI=1S/C9H10N2O3S2.Na/c1-2-11-8-4-3-6(16(12,13)14)5-7(8)10-9(11)15;/h3-5H,2H2,1H3,(H,10,15)(H,12,13,14);/q;+1/p-1. The summed E-state index contributed by atoms with van der Waals surface area (Å²) in [5.41, 5.74) is 1.23. The zero-order valence-corrected chi connectivity index (χ0v) is 13.1. The Morgan fingerprint density at radius 1 is 1.47 bits per heavy atom. The maximum atomic E-state index is 10.8. The van der Waals surface area contributed by atoms with E-state index < -0.39 is 10.1 Å². The van der Waals surface area contributed by atoms with Crippen LogP contribution in [-0.2, 0) is 16.7 Å². The Morgan fingerprint density at radius 3 is 2.65 bits per heavy atom. The molecule has 0 spiro atoms. The van der Waals surface area contributed by atoms with Crippen LogP contribution < -0.4 is 29.6 Å². The smallest absolute Gasteiger partial charge is 0.744 e. The van der Waals surface area contributed by atoms with Crippen LogP contribution in [0.15, 0.2) is 28.3 Å². The third kappa shape index (κ3) is 2.86. The van der Waals surface area contributed by atoms with Crippen LogP contribution in [-0.4, -0.2) is 22.5 Å². The molecule has 2 rings (SSSR count). The van der Waals surface area contributed by atoms with Crippen molar-refractivity contribution in [2.75, 3.05) is 0 Å². The van der Waals surface area contributed by atoms with E-state index in [1.165, 1.54) is 12.1 Å². The molecule has 0 aliphatic heterocycles. The number of aryl methyl sites for hydroxylation is 1. The number of nitrogens with zero attached hydrogens (tertiary/aromatic N) is 2. The molecule has 5 nitrogen and oxygen atoms in total. The van der Waals surface area contributed by atoms with E-state index in [2.05, 4.69) is 17.6 Å². The Hall–Kier alpha value is -0.0500. The molecule has 0 saturated heterocycles. The second-order valence-electron chi connectivity index (χ2n) is 3.26. The predicted molar refractivity (Wildman–Crippen MR) is 60.6 cm³/mol. The Labute approximate surface area is 127 Å². The van der Waals surface area contributed by atoms with E-state index in [-0.39, 0.29) is 34.5 Å². The minimum Gasteiger partial charge on any atom is -0.744 e. The Balaban J connectivity index is 0.00000144. The largest absolute Gasteiger partial charge is 1.00 e. The van der Waals surface area contributed by atoms with E-state index in [9.17, 15) is 13.0 Å². The number of aromatic nitrogens is 2. The molecule has 0 fully saturated rings. The second kappa shape index (κ2) is 5.29. The quantitative estimate of drug-likeness (QED) is 0.402. The van der Waals surface area contributed by atoms with Crippen LogP contribution in [0.4, 0.5) is 0 Å². The van der Waals surface area contributed by atoms with Crippen LogP contribution in [0.25, 0.3) is 11.0 Å². The Kier molecular flexibility index (Phi) is 4.67. The first-order chi connectivity index (χ1) is 7.43. The number of fused-ring (bicyclic) bond motifs is 1. The van der Waals surface area contributed by atoms with Crippen molar-refractivity contribution in [1.29, 1.82) is 0 Å². The van der Waals surface area contributed by atoms with Gasteiger partial charge < -0.3 is 9.12 Å². The third-order valence-electron chi connectivity index (χ3n) is 2.30. The molecule has 0 bridgehead atoms. The van der Waals surface area contributed by atoms with E-state index in [1.807, 2.05) is 11.5 Å². The zero-order chi connectivity index (χ0) is 11.9. The summed E-state index contributed by atoms with van der Waals surface area (Å²) in [5.74, 6) is 0. The number of benzene rings is 1. The fraction of sp³-hybridized carbons (Fsp3) is 0.222. The van der Waals surface area contributed by atoms with Crippen molar-refractivity contribution >= 4 is 33.8 Å². The molecule has 1 aromatic heterocycles. The van der Waals surface area contributed by atoms with Crippen molar-refractivity contribution in [3.05, 3.63) is 18.2 Å². The van der Waals surface area contributed by atoms with Gasteiger partial charge >= 0.3 is 29.6 Å². The SMILES string of the molecule is CCn1c(S)nc2cc(S(=O)(=O)[O-])ccc21.[Na+]. The van der Waals surface area contributed by atoms with Gasteiger partial charge in [-0.05, 0) is 25.1 Å². The average molecular weight is 280 g/mol. The van der Waals surface area contributed by atoms with Crippen LogP contribution in [0.2, 0.25) is 0 Å². The van der Waals surface area contributed by atoms with Gasteiger partial charge in [0.25, 0.3) is 0 Å². The maximum absolute atomic E-state index is 10.8. The van der Waals surface area contributed by atoms with E-state index in [4.69, 9.17) is 0 Å². The molecule has 17 heavy (non-hydrogen) atoms. The molecule has 1 heterocycles. The third-order valence-corrected chi connectivity index (χ3v) is 3.48. The minimum atomic E-state index is -4.43.